The van der Waals surface area contributed by atoms with Crippen molar-refractivity contribution in [2.24, 2.45) is 0 Å². The summed E-state index contributed by atoms with van der Waals surface area (Å²) in [6, 6.07) is 7.04. The van der Waals surface area contributed by atoms with Crippen molar-refractivity contribution < 1.29 is 14.9 Å². The second-order valence-corrected chi connectivity index (χ2v) is 6.22. The molecule has 0 aliphatic heterocycles. The Labute approximate surface area is 131 Å². The predicted molar refractivity (Wildman–Crippen MR) is 85.0 cm³/mol. The van der Waals surface area contributed by atoms with Gasteiger partial charge in [-0.25, -0.2) is 0 Å². The number of hydrogen-bond donors (Lipinski definition) is 3. The van der Waals surface area contributed by atoms with Crippen molar-refractivity contribution in [2.45, 2.75) is 18.6 Å². The van der Waals surface area contributed by atoms with E-state index in [2.05, 4.69) is 5.32 Å². The van der Waals surface area contributed by atoms with Crippen molar-refractivity contribution in [3.63, 3.8) is 0 Å². The van der Waals surface area contributed by atoms with Crippen LogP contribution in [0.4, 0.5) is 0 Å². The molecule has 120 valence electrons. The van der Waals surface area contributed by atoms with E-state index >= 15 is 0 Å². The average molecular weight is 317 g/mol. The molecule has 0 saturated carbocycles. The van der Waals surface area contributed by atoms with E-state index < -0.39 is 11.7 Å². The normalized spacial score (nSPS) is 15.8. The van der Waals surface area contributed by atoms with Crippen LogP contribution in [0, 0.1) is 0 Å². The van der Waals surface area contributed by atoms with E-state index in [1.165, 1.54) is 0 Å². The second kappa shape index (κ2) is 8.56. The first-order valence-corrected chi connectivity index (χ1v) is 7.30. The molecule has 0 bridgehead atoms. The third-order valence-electron chi connectivity index (χ3n) is 2.78. The summed E-state index contributed by atoms with van der Waals surface area (Å²) in [4.78, 5) is 1.92. The molecule has 1 aromatic carbocycles. The van der Waals surface area contributed by atoms with E-state index in [1.54, 1.807) is 31.2 Å². The topological polar surface area (TPSA) is 65.0 Å². The summed E-state index contributed by atoms with van der Waals surface area (Å²) in [6.45, 7) is 3.23. The fourth-order valence-electron chi connectivity index (χ4n) is 2.05. The first-order valence-electron chi connectivity index (χ1n) is 6.93. The number of aliphatic hydroxyl groups excluding tert-OH is 1. The number of benzene rings is 1. The molecule has 1 aromatic rings. The Hall–Kier alpha value is -0.850. The quantitative estimate of drug-likeness (QED) is 0.634. The largest absolute Gasteiger partial charge is 0.491 e. The summed E-state index contributed by atoms with van der Waals surface area (Å²) in [6.07, 6.45) is -0.654. The number of likely N-dealkylation sites (N-methyl/N-ethyl adjacent to an activating group) is 1. The van der Waals surface area contributed by atoms with Gasteiger partial charge in [0, 0.05) is 24.7 Å². The molecule has 0 radical (unpaired) electrons. The number of nitrogens with one attached hydrogen (secondary N) is 1. The molecule has 0 saturated heterocycles. The van der Waals surface area contributed by atoms with E-state index in [0.29, 0.717) is 30.4 Å². The van der Waals surface area contributed by atoms with Crippen LogP contribution in [0.3, 0.4) is 0 Å². The molecular formula is C15H25ClN2O3. The molecular weight excluding hydrogens is 292 g/mol. The summed E-state index contributed by atoms with van der Waals surface area (Å²) >= 11 is 5.85. The maximum absolute atomic E-state index is 10.1. The first-order chi connectivity index (χ1) is 9.78. The molecule has 0 spiro atoms. The van der Waals surface area contributed by atoms with Crippen LogP contribution in [0.1, 0.15) is 6.92 Å². The molecule has 2 atom stereocenters. The summed E-state index contributed by atoms with van der Waals surface area (Å²) < 4.78 is 5.45. The number of rotatable bonds is 9. The molecule has 3 N–H and O–H groups in total. The lowest BCUT2D eigenvalue weighted by Crippen LogP contribution is -2.47. The monoisotopic (exact) mass is 316 g/mol. The molecule has 0 amide bonds. The molecule has 1 rings (SSSR count). The molecule has 2 unspecified atom stereocenters. The number of hydrogen-bond acceptors (Lipinski definition) is 5. The fraction of sp³-hybridized carbons (Fsp3) is 0.600. The van der Waals surface area contributed by atoms with Gasteiger partial charge < -0.3 is 25.2 Å². The minimum absolute atomic E-state index is 0.170. The second-order valence-electron chi connectivity index (χ2n) is 5.79. The summed E-state index contributed by atoms with van der Waals surface area (Å²) in [5.74, 6) is 0.626. The van der Waals surface area contributed by atoms with Crippen molar-refractivity contribution in [1.82, 2.24) is 10.2 Å². The maximum atomic E-state index is 10.1. The van der Waals surface area contributed by atoms with Gasteiger partial charge >= 0.3 is 0 Å². The van der Waals surface area contributed by atoms with Gasteiger partial charge in [-0.15, -0.1) is 0 Å². The van der Waals surface area contributed by atoms with Gasteiger partial charge in [-0.05, 0) is 39.2 Å². The van der Waals surface area contributed by atoms with Crippen LogP contribution in [0.2, 0.25) is 5.02 Å². The van der Waals surface area contributed by atoms with Crippen LogP contribution in [0.5, 0.6) is 5.75 Å². The summed E-state index contributed by atoms with van der Waals surface area (Å²) in [5, 5.41) is 23.6. The van der Waals surface area contributed by atoms with E-state index in [0.717, 1.165) is 0 Å². The average Bonchev–Trinajstić information content (AvgIpc) is 2.34. The van der Waals surface area contributed by atoms with Gasteiger partial charge in [-0.1, -0.05) is 17.7 Å². The Bertz CT molecular complexity index is 427. The van der Waals surface area contributed by atoms with Gasteiger partial charge in [0.15, 0.2) is 0 Å². The highest BCUT2D eigenvalue weighted by Gasteiger charge is 2.21. The van der Waals surface area contributed by atoms with Crippen molar-refractivity contribution in [3.8, 4) is 5.75 Å². The van der Waals surface area contributed by atoms with Crippen LogP contribution in [-0.2, 0) is 0 Å². The van der Waals surface area contributed by atoms with Crippen LogP contribution in [0.15, 0.2) is 24.3 Å². The lowest BCUT2D eigenvalue weighted by atomic mass is 10.1. The van der Waals surface area contributed by atoms with Gasteiger partial charge in [-0.3, -0.25) is 0 Å². The van der Waals surface area contributed by atoms with Gasteiger partial charge in [0.2, 0.25) is 0 Å². The van der Waals surface area contributed by atoms with E-state index in [1.807, 2.05) is 19.0 Å². The lowest BCUT2D eigenvalue weighted by molar-refractivity contribution is 0.0286. The van der Waals surface area contributed by atoms with Crippen LogP contribution >= 0.6 is 11.6 Å². The molecule has 0 heterocycles. The zero-order valence-electron chi connectivity index (χ0n) is 12.8. The number of nitrogens with zero attached hydrogens (tertiary/aromatic N) is 1. The van der Waals surface area contributed by atoms with E-state index in [-0.39, 0.29) is 6.61 Å². The fourth-order valence-corrected chi connectivity index (χ4v) is 2.23. The Morgan fingerprint density at radius 1 is 1.43 bits per heavy atom. The number of aliphatic hydroxyl groups is 2. The lowest BCUT2D eigenvalue weighted by Gasteiger charge is -2.27. The predicted octanol–water partition coefficient (Wildman–Crippen LogP) is 0.982. The first kappa shape index (κ1) is 18.2. The minimum atomic E-state index is -0.836. The summed E-state index contributed by atoms with van der Waals surface area (Å²) in [5.41, 5.74) is -0.836. The van der Waals surface area contributed by atoms with Crippen LogP contribution in [-0.4, -0.2) is 67.2 Å². The van der Waals surface area contributed by atoms with Crippen molar-refractivity contribution in [2.75, 3.05) is 40.3 Å². The van der Waals surface area contributed by atoms with Gasteiger partial charge in [0.05, 0.1) is 5.60 Å². The van der Waals surface area contributed by atoms with Crippen LogP contribution < -0.4 is 10.1 Å². The number of ether oxygens (including phenoxy) is 1. The Morgan fingerprint density at radius 2 is 2.14 bits per heavy atom. The highest BCUT2D eigenvalue weighted by Crippen LogP contribution is 2.17. The molecule has 0 aliphatic rings. The molecule has 21 heavy (non-hydrogen) atoms. The molecule has 5 nitrogen and oxygen atoms in total. The Balaban J connectivity index is 2.24. The summed E-state index contributed by atoms with van der Waals surface area (Å²) in [7, 11) is 3.81. The molecule has 6 heteroatoms. The van der Waals surface area contributed by atoms with Gasteiger partial charge in [-0.2, -0.15) is 0 Å². The Kier molecular flexibility index (Phi) is 7.42. The SMILES string of the molecule is CN(C)CC(C)(O)CNCC(O)COc1cccc(Cl)c1. The van der Waals surface area contributed by atoms with E-state index in [4.69, 9.17) is 16.3 Å². The zero-order chi connectivity index (χ0) is 15.9. The smallest absolute Gasteiger partial charge is 0.120 e. The standard InChI is InChI=1S/C15H25ClN2O3/c1-15(20,11-18(2)3)10-17-8-13(19)9-21-14-6-4-5-12(16)7-14/h4-7,13,17,19-20H,8-11H2,1-3H3. The highest BCUT2D eigenvalue weighted by molar-refractivity contribution is 6.30. The van der Waals surface area contributed by atoms with Crippen LogP contribution in [0.25, 0.3) is 0 Å². The minimum Gasteiger partial charge on any atom is -0.491 e. The van der Waals surface area contributed by atoms with E-state index in [9.17, 15) is 10.2 Å². The highest BCUT2D eigenvalue weighted by atomic mass is 35.5. The van der Waals surface area contributed by atoms with Crippen molar-refractivity contribution >= 4 is 11.6 Å². The van der Waals surface area contributed by atoms with Crippen molar-refractivity contribution in [3.05, 3.63) is 29.3 Å². The zero-order valence-corrected chi connectivity index (χ0v) is 13.6. The molecule has 0 aromatic heterocycles. The van der Waals surface area contributed by atoms with Gasteiger partial charge in [0.25, 0.3) is 0 Å². The third-order valence-corrected chi connectivity index (χ3v) is 3.02. The molecule has 0 aliphatic carbocycles. The maximum Gasteiger partial charge on any atom is 0.120 e. The Morgan fingerprint density at radius 3 is 2.76 bits per heavy atom. The van der Waals surface area contributed by atoms with Gasteiger partial charge in [0.1, 0.15) is 18.5 Å². The number of halogens is 1. The third kappa shape index (κ3) is 8.24. The van der Waals surface area contributed by atoms with Crippen molar-refractivity contribution in [1.29, 1.82) is 0 Å². The molecule has 0 fully saturated rings.